The summed E-state index contributed by atoms with van der Waals surface area (Å²) >= 11 is 1.85. The molecule has 0 N–H and O–H groups in total. The Morgan fingerprint density at radius 3 is 2.65 bits per heavy atom. The predicted octanol–water partition coefficient (Wildman–Crippen LogP) is 4.39. The lowest BCUT2D eigenvalue weighted by Gasteiger charge is -2.18. The van der Waals surface area contributed by atoms with Gasteiger partial charge in [-0.05, 0) is 18.9 Å². The van der Waals surface area contributed by atoms with Gasteiger partial charge in [-0.15, -0.1) is 11.3 Å². The second-order valence-electron chi connectivity index (χ2n) is 5.66. The topological polar surface area (TPSA) is 31.4 Å². The summed E-state index contributed by atoms with van der Waals surface area (Å²) in [5, 5.41) is 1.31. The van der Waals surface area contributed by atoms with Gasteiger partial charge in [0.05, 0.1) is 28.4 Å². The molecular weight excluding hydrogens is 270 g/mol. The second kappa shape index (κ2) is 5.43. The molecule has 1 aromatic carbocycles. The zero-order valence-corrected chi connectivity index (χ0v) is 12.3. The first-order chi connectivity index (χ1) is 9.92. The molecule has 4 heteroatoms. The molecule has 0 spiro atoms. The van der Waals surface area contributed by atoms with Gasteiger partial charge < -0.3 is 9.47 Å². The van der Waals surface area contributed by atoms with E-state index in [0.29, 0.717) is 19.1 Å². The van der Waals surface area contributed by atoms with E-state index >= 15 is 0 Å². The summed E-state index contributed by atoms with van der Waals surface area (Å²) < 4.78 is 12.6. The summed E-state index contributed by atoms with van der Waals surface area (Å²) in [7, 11) is 0. The molecule has 2 aliphatic rings. The Hall–Kier alpha value is -0.970. The van der Waals surface area contributed by atoms with E-state index in [4.69, 9.17) is 14.5 Å². The number of thiazole rings is 1. The molecule has 0 unspecified atom stereocenters. The first-order valence-electron chi connectivity index (χ1n) is 7.54. The second-order valence-corrected chi connectivity index (χ2v) is 6.69. The lowest BCUT2D eigenvalue weighted by molar-refractivity contribution is -0.0428. The number of rotatable bonds is 2. The lowest BCUT2D eigenvalue weighted by atomic mass is 9.90. The Balaban J connectivity index is 1.72. The maximum Gasteiger partial charge on any atom is 0.185 e. The normalized spacial score (nSPS) is 21.8. The standard InChI is InChI=1S/C16H19NO2S/c1-2-5-11(6-3-1)15-17-13-8-4-7-12(14(13)20-15)16-18-9-10-19-16/h4,7-8,11,16H,1-3,5-6,9-10H2. The van der Waals surface area contributed by atoms with Gasteiger partial charge in [-0.3, -0.25) is 0 Å². The van der Waals surface area contributed by atoms with Gasteiger partial charge in [0.25, 0.3) is 0 Å². The molecule has 1 aromatic heterocycles. The van der Waals surface area contributed by atoms with Crippen LogP contribution in [0.1, 0.15) is 54.9 Å². The molecule has 2 heterocycles. The number of ether oxygens (including phenoxy) is 2. The third kappa shape index (κ3) is 2.26. The van der Waals surface area contributed by atoms with Crippen molar-refractivity contribution in [2.45, 2.75) is 44.3 Å². The minimum absolute atomic E-state index is 0.196. The van der Waals surface area contributed by atoms with E-state index in [-0.39, 0.29) is 6.29 Å². The van der Waals surface area contributed by atoms with Crippen LogP contribution in [0.25, 0.3) is 10.2 Å². The Morgan fingerprint density at radius 1 is 1.05 bits per heavy atom. The van der Waals surface area contributed by atoms with Crippen LogP contribution in [0.2, 0.25) is 0 Å². The molecule has 1 saturated carbocycles. The third-order valence-corrected chi connectivity index (χ3v) is 5.57. The fourth-order valence-electron chi connectivity index (χ4n) is 3.24. The summed E-state index contributed by atoms with van der Waals surface area (Å²) in [6.45, 7) is 1.38. The Kier molecular flexibility index (Phi) is 3.46. The van der Waals surface area contributed by atoms with E-state index in [9.17, 15) is 0 Å². The van der Waals surface area contributed by atoms with Crippen LogP contribution in [0, 0.1) is 0 Å². The van der Waals surface area contributed by atoms with Crippen molar-refractivity contribution in [1.29, 1.82) is 0 Å². The smallest absolute Gasteiger partial charge is 0.185 e. The number of benzene rings is 1. The van der Waals surface area contributed by atoms with E-state index in [1.165, 1.54) is 41.8 Å². The van der Waals surface area contributed by atoms with Gasteiger partial charge >= 0.3 is 0 Å². The number of aromatic nitrogens is 1. The molecule has 106 valence electrons. The number of nitrogens with zero attached hydrogens (tertiary/aromatic N) is 1. The highest BCUT2D eigenvalue weighted by Crippen LogP contribution is 2.39. The maximum atomic E-state index is 5.66. The van der Waals surface area contributed by atoms with Gasteiger partial charge in [-0.2, -0.15) is 0 Å². The average Bonchev–Trinajstić information content (AvgIpc) is 3.17. The van der Waals surface area contributed by atoms with Crippen molar-refractivity contribution in [3.05, 3.63) is 28.8 Å². The lowest BCUT2D eigenvalue weighted by Crippen LogP contribution is -2.03. The molecule has 2 aromatic rings. The van der Waals surface area contributed by atoms with Gasteiger partial charge in [-0.25, -0.2) is 4.98 Å². The molecule has 3 nitrogen and oxygen atoms in total. The molecule has 0 radical (unpaired) electrons. The van der Waals surface area contributed by atoms with Gasteiger partial charge in [0.2, 0.25) is 0 Å². The minimum Gasteiger partial charge on any atom is -0.346 e. The molecule has 1 aliphatic carbocycles. The van der Waals surface area contributed by atoms with Gasteiger partial charge in [0.15, 0.2) is 6.29 Å². The highest BCUT2D eigenvalue weighted by molar-refractivity contribution is 7.18. The molecule has 0 bridgehead atoms. The molecule has 20 heavy (non-hydrogen) atoms. The quantitative estimate of drug-likeness (QED) is 0.821. The molecule has 0 amide bonds. The first-order valence-corrected chi connectivity index (χ1v) is 8.36. The summed E-state index contributed by atoms with van der Waals surface area (Å²) in [5.41, 5.74) is 2.26. The molecule has 4 rings (SSSR count). The highest BCUT2D eigenvalue weighted by Gasteiger charge is 2.24. The van der Waals surface area contributed by atoms with Crippen LogP contribution in [0.3, 0.4) is 0 Å². The van der Waals surface area contributed by atoms with E-state index in [1.807, 2.05) is 11.3 Å². The zero-order chi connectivity index (χ0) is 13.4. The van der Waals surface area contributed by atoms with Crippen LogP contribution in [0.5, 0.6) is 0 Å². The number of fused-ring (bicyclic) bond motifs is 1. The van der Waals surface area contributed by atoms with Gasteiger partial charge in [0, 0.05) is 11.5 Å². The van der Waals surface area contributed by atoms with Crippen molar-refractivity contribution in [1.82, 2.24) is 4.98 Å². The molecular formula is C16H19NO2S. The molecule has 2 fully saturated rings. The van der Waals surface area contributed by atoms with Crippen molar-refractivity contribution < 1.29 is 9.47 Å². The predicted molar refractivity (Wildman–Crippen MR) is 80.1 cm³/mol. The van der Waals surface area contributed by atoms with Crippen LogP contribution in [-0.4, -0.2) is 18.2 Å². The van der Waals surface area contributed by atoms with E-state index in [0.717, 1.165) is 11.1 Å². The van der Waals surface area contributed by atoms with Crippen LogP contribution in [0.15, 0.2) is 18.2 Å². The van der Waals surface area contributed by atoms with E-state index in [2.05, 4.69) is 18.2 Å². The van der Waals surface area contributed by atoms with E-state index in [1.54, 1.807) is 0 Å². The van der Waals surface area contributed by atoms with Crippen LogP contribution in [-0.2, 0) is 9.47 Å². The van der Waals surface area contributed by atoms with Gasteiger partial charge in [-0.1, -0.05) is 31.4 Å². The van der Waals surface area contributed by atoms with Crippen molar-refractivity contribution in [2.75, 3.05) is 13.2 Å². The summed E-state index contributed by atoms with van der Waals surface area (Å²) in [6, 6.07) is 6.28. The zero-order valence-electron chi connectivity index (χ0n) is 11.5. The van der Waals surface area contributed by atoms with Crippen LogP contribution < -0.4 is 0 Å². The Bertz CT molecular complexity index is 598. The van der Waals surface area contributed by atoms with Crippen molar-refractivity contribution >= 4 is 21.6 Å². The summed E-state index contributed by atoms with van der Waals surface area (Å²) in [4.78, 5) is 4.88. The van der Waals surface area contributed by atoms with Crippen molar-refractivity contribution in [3.8, 4) is 0 Å². The maximum absolute atomic E-state index is 5.66. The van der Waals surface area contributed by atoms with Crippen molar-refractivity contribution in [3.63, 3.8) is 0 Å². The first kappa shape index (κ1) is 12.7. The molecule has 0 atom stereocenters. The van der Waals surface area contributed by atoms with Crippen LogP contribution in [0.4, 0.5) is 0 Å². The SMILES string of the molecule is c1cc(C2OCCO2)c2sc(C3CCCCC3)nc2c1. The summed E-state index contributed by atoms with van der Waals surface area (Å²) in [6.07, 6.45) is 6.48. The highest BCUT2D eigenvalue weighted by atomic mass is 32.1. The third-order valence-electron chi connectivity index (χ3n) is 4.29. The average molecular weight is 289 g/mol. The molecule has 1 aliphatic heterocycles. The Morgan fingerprint density at radius 2 is 1.85 bits per heavy atom. The fourth-order valence-corrected chi connectivity index (χ4v) is 4.49. The van der Waals surface area contributed by atoms with Crippen molar-refractivity contribution in [2.24, 2.45) is 0 Å². The largest absolute Gasteiger partial charge is 0.346 e. The van der Waals surface area contributed by atoms with Crippen LogP contribution >= 0.6 is 11.3 Å². The van der Waals surface area contributed by atoms with Gasteiger partial charge in [0.1, 0.15) is 0 Å². The number of hydrogen-bond donors (Lipinski definition) is 0. The van der Waals surface area contributed by atoms with E-state index < -0.39 is 0 Å². The minimum atomic E-state index is -0.196. The monoisotopic (exact) mass is 289 g/mol. The summed E-state index contributed by atoms with van der Waals surface area (Å²) in [5.74, 6) is 0.666. The molecule has 1 saturated heterocycles. The Labute approximate surface area is 122 Å². The number of hydrogen-bond acceptors (Lipinski definition) is 4. The fraction of sp³-hybridized carbons (Fsp3) is 0.562.